The standard InChI is InChI=1S/C13H18N2O2S/c1-2-3-6-16-7-8-17-13-15-11-5-4-10(14)9-12(11)18-13/h4-5,9H,2-3,6-8,14H2,1H3. The Morgan fingerprint density at radius 2 is 2.17 bits per heavy atom. The number of fused-ring (bicyclic) bond motifs is 1. The SMILES string of the molecule is CCCCOCCOc1nc2ccc(N)cc2s1. The summed E-state index contributed by atoms with van der Waals surface area (Å²) in [5.74, 6) is 0. The molecule has 0 radical (unpaired) electrons. The van der Waals surface area contributed by atoms with E-state index < -0.39 is 0 Å². The zero-order chi connectivity index (χ0) is 12.8. The zero-order valence-electron chi connectivity index (χ0n) is 10.5. The van der Waals surface area contributed by atoms with Gasteiger partial charge in [0.25, 0.3) is 5.19 Å². The van der Waals surface area contributed by atoms with Gasteiger partial charge in [-0.25, -0.2) is 4.98 Å². The van der Waals surface area contributed by atoms with E-state index in [0.29, 0.717) is 18.4 Å². The van der Waals surface area contributed by atoms with E-state index in [1.165, 1.54) is 11.3 Å². The molecule has 0 aliphatic carbocycles. The van der Waals surface area contributed by atoms with Crippen molar-refractivity contribution in [2.24, 2.45) is 0 Å². The molecular formula is C13H18N2O2S. The van der Waals surface area contributed by atoms with Crippen LogP contribution in [-0.2, 0) is 4.74 Å². The van der Waals surface area contributed by atoms with Gasteiger partial charge in [-0.1, -0.05) is 24.7 Å². The lowest BCUT2D eigenvalue weighted by Crippen LogP contribution is -2.07. The van der Waals surface area contributed by atoms with E-state index >= 15 is 0 Å². The number of aromatic nitrogens is 1. The third-order valence-corrected chi connectivity index (χ3v) is 3.42. The van der Waals surface area contributed by atoms with Crippen molar-refractivity contribution in [1.29, 1.82) is 0 Å². The molecule has 2 N–H and O–H groups in total. The first-order valence-corrected chi connectivity index (χ1v) is 6.98. The largest absolute Gasteiger partial charge is 0.468 e. The molecule has 0 aliphatic rings. The number of thiazole rings is 1. The third-order valence-electron chi connectivity index (χ3n) is 2.49. The highest BCUT2D eigenvalue weighted by Crippen LogP contribution is 2.28. The maximum absolute atomic E-state index is 5.72. The lowest BCUT2D eigenvalue weighted by molar-refractivity contribution is 0.0980. The van der Waals surface area contributed by atoms with Crippen LogP contribution in [0.3, 0.4) is 0 Å². The summed E-state index contributed by atoms with van der Waals surface area (Å²) in [5, 5.41) is 0.676. The van der Waals surface area contributed by atoms with Crippen molar-refractivity contribution < 1.29 is 9.47 Å². The highest BCUT2D eigenvalue weighted by atomic mass is 32.1. The lowest BCUT2D eigenvalue weighted by Gasteiger charge is -2.03. The monoisotopic (exact) mass is 266 g/mol. The van der Waals surface area contributed by atoms with Crippen molar-refractivity contribution in [2.75, 3.05) is 25.6 Å². The molecule has 0 atom stereocenters. The Morgan fingerprint density at radius 1 is 1.28 bits per heavy atom. The van der Waals surface area contributed by atoms with Gasteiger partial charge in [0.15, 0.2) is 0 Å². The minimum atomic E-state index is 0.541. The van der Waals surface area contributed by atoms with Gasteiger partial charge in [0.05, 0.1) is 16.8 Å². The molecule has 2 aromatic rings. The summed E-state index contributed by atoms with van der Waals surface area (Å²) in [6, 6.07) is 5.67. The molecule has 0 saturated heterocycles. The highest BCUT2D eigenvalue weighted by molar-refractivity contribution is 7.20. The number of hydrogen-bond donors (Lipinski definition) is 1. The van der Waals surface area contributed by atoms with Gasteiger partial charge >= 0.3 is 0 Å². The first-order chi connectivity index (χ1) is 8.79. The van der Waals surface area contributed by atoms with Crippen molar-refractivity contribution in [3.63, 3.8) is 0 Å². The molecule has 0 spiro atoms. The van der Waals surface area contributed by atoms with E-state index in [0.717, 1.165) is 35.4 Å². The number of rotatable bonds is 7. The Bertz CT molecular complexity index is 499. The molecule has 1 heterocycles. The predicted octanol–water partition coefficient (Wildman–Crippen LogP) is 3.07. The maximum atomic E-state index is 5.72. The van der Waals surface area contributed by atoms with Crippen LogP contribution >= 0.6 is 11.3 Å². The quantitative estimate of drug-likeness (QED) is 0.618. The average molecular weight is 266 g/mol. The van der Waals surface area contributed by atoms with Crippen LogP contribution in [0.4, 0.5) is 5.69 Å². The van der Waals surface area contributed by atoms with E-state index in [4.69, 9.17) is 15.2 Å². The molecular weight excluding hydrogens is 248 g/mol. The van der Waals surface area contributed by atoms with Gasteiger partial charge in [-0.15, -0.1) is 0 Å². The molecule has 1 aromatic heterocycles. The van der Waals surface area contributed by atoms with Crippen molar-refractivity contribution in [1.82, 2.24) is 4.98 Å². The molecule has 0 amide bonds. The van der Waals surface area contributed by atoms with Crippen molar-refractivity contribution >= 4 is 27.2 Å². The van der Waals surface area contributed by atoms with E-state index in [2.05, 4.69) is 11.9 Å². The number of unbranched alkanes of at least 4 members (excludes halogenated alkanes) is 1. The van der Waals surface area contributed by atoms with Crippen LogP contribution in [0.5, 0.6) is 5.19 Å². The smallest absolute Gasteiger partial charge is 0.274 e. The molecule has 18 heavy (non-hydrogen) atoms. The fourth-order valence-corrected chi connectivity index (χ4v) is 2.41. The van der Waals surface area contributed by atoms with E-state index in [1.807, 2.05) is 18.2 Å². The molecule has 2 rings (SSSR count). The molecule has 1 aromatic carbocycles. The summed E-state index contributed by atoms with van der Waals surface area (Å²) in [5.41, 5.74) is 7.40. The van der Waals surface area contributed by atoms with Crippen molar-refractivity contribution in [3.8, 4) is 5.19 Å². The summed E-state index contributed by atoms with van der Waals surface area (Å²) in [6.07, 6.45) is 2.25. The second-order valence-electron chi connectivity index (χ2n) is 4.02. The normalized spacial score (nSPS) is 10.9. The Balaban J connectivity index is 1.81. The average Bonchev–Trinajstić information content (AvgIpc) is 2.75. The Kier molecular flexibility index (Phi) is 4.78. The predicted molar refractivity (Wildman–Crippen MR) is 75.3 cm³/mol. The van der Waals surface area contributed by atoms with E-state index in [1.54, 1.807) is 0 Å². The molecule has 0 aliphatic heterocycles. The number of hydrogen-bond acceptors (Lipinski definition) is 5. The van der Waals surface area contributed by atoms with Gasteiger partial charge in [-0.05, 0) is 24.6 Å². The number of nitrogen functional groups attached to an aromatic ring is 1. The van der Waals surface area contributed by atoms with Gasteiger partial charge in [0, 0.05) is 12.3 Å². The molecule has 0 saturated carbocycles. The van der Waals surface area contributed by atoms with Gasteiger partial charge in [0.2, 0.25) is 0 Å². The summed E-state index contributed by atoms with van der Waals surface area (Å²) in [6.45, 7) is 4.10. The molecule has 5 heteroatoms. The van der Waals surface area contributed by atoms with E-state index in [9.17, 15) is 0 Å². The van der Waals surface area contributed by atoms with Crippen LogP contribution in [-0.4, -0.2) is 24.8 Å². The summed E-state index contributed by atoms with van der Waals surface area (Å²) in [7, 11) is 0. The first-order valence-electron chi connectivity index (χ1n) is 6.16. The highest BCUT2D eigenvalue weighted by Gasteiger charge is 2.04. The summed E-state index contributed by atoms with van der Waals surface area (Å²) >= 11 is 1.51. The van der Waals surface area contributed by atoms with Gasteiger partial charge in [-0.3, -0.25) is 0 Å². The topological polar surface area (TPSA) is 57.4 Å². The summed E-state index contributed by atoms with van der Waals surface area (Å²) < 4.78 is 12.0. The van der Waals surface area contributed by atoms with Crippen molar-refractivity contribution in [2.45, 2.75) is 19.8 Å². The Morgan fingerprint density at radius 3 is 3.00 bits per heavy atom. The van der Waals surface area contributed by atoms with E-state index in [-0.39, 0.29) is 0 Å². The van der Waals surface area contributed by atoms with Crippen molar-refractivity contribution in [3.05, 3.63) is 18.2 Å². The zero-order valence-corrected chi connectivity index (χ0v) is 11.3. The van der Waals surface area contributed by atoms with Gasteiger partial charge in [0.1, 0.15) is 6.61 Å². The lowest BCUT2D eigenvalue weighted by atomic mass is 10.3. The molecule has 0 unspecified atom stereocenters. The van der Waals surface area contributed by atoms with Crippen LogP contribution in [0.2, 0.25) is 0 Å². The van der Waals surface area contributed by atoms with Crippen LogP contribution in [0.15, 0.2) is 18.2 Å². The second kappa shape index (κ2) is 6.56. The van der Waals surface area contributed by atoms with Gasteiger partial charge < -0.3 is 15.2 Å². The van der Waals surface area contributed by atoms with Crippen LogP contribution in [0, 0.1) is 0 Å². The number of ether oxygens (including phenoxy) is 2. The molecule has 0 bridgehead atoms. The molecule has 4 nitrogen and oxygen atoms in total. The number of nitrogens with two attached hydrogens (primary N) is 1. The third kappa shape index (κ3) is 3.58. The first kappa shape index (κ1) is 13.1. The Labute approximate surface area is 111 Å². The number of benzene rings is 1. The minimum absolute atomic E-state index is 0.541. The second-order valence-corrected chi connectivity index (χ2v) is 5.01. The fraction of sp³-hybridized carbons (Fsp3) is 0.462. The summed E-state index contributed by atoms with van der Waals surface area (Å²) in [4.78, 5) is 4.37. The van der Waals surface area contributed by atoms with Crippen LogP contribution < -0.4 is 10.5 Å². The maximum Gasteiger partial charge on any atom is 0.274 e. The van der Waals surface area contributed by atoms with Crippen LogP contribution in [0.1, 0.15) is 19.8 Å². The van der Waals surface area contributed by atoms with Crippen LogP contribution in [0.25, 0.3) is 10.2 Å². The molecule has 98 valence electrons. The number of anilines is 1. The molecule has 0 fully saturated rings. The minimum Gasteiger partial charge on any atom is -0.468 e. The Hall–Kier alpha value is -1.33. The number of nitrogens with zero attached hydrogens (tertiary/aromatic N) is 1. The van der Waals surface area contributed by atoms with Gasteiger partial charge in [-0.2, -0.15) is 0 Å². The fourth-order valence-electron chi connectivity index (χ4n) is 1.52.